The molecule has 1 aromatic rings. The van der Waals surface area contributed by atoms with E-state index in [-0.39, 0.29) is 22.8 Å². The second kappa shape index (κ2) is 3.43. The Hall–Kier alpha value is -1.58. The summed E-state index contributed by atoms with van der Waals surface area (Å²) >= 11 is 0. The molecule has 0 spiro atoms. The summed E-state index contributed by atoms with van der Waals surface area (Å²) in [4.78, 5) is 11.0. The number of hydrogen-bond acceptors (Lipinski definition) is 3. The van der Waals surface area contributed by atoms with Crippen molar-refractivity contribution < 1.29 is 13.9 Å². The molecule has 13 heavy (non-hydrogen) atoms. The van der Waals surface area contributed by atoms with Gasteiger partial charge in [-0.15, -0.1) is 0 Å². The van der Waals surface area contributed by atoms with Gasteiger partial charge in [-0.1, -0.05) is 0 Å². The lowest BCUT2D eigenvalue weighted by molar-refractivity contribution is 0.101. The van der Waals surface area contributed by atoms with Crippen LogP contribution in [0.5, 0.6) is 5.75 Å². The van der Waals surface area contributed by atoms with Gasteiger partial charge in [-0.25, -0.2) is 4.39 Å². The van der Waals surface area contributed by atoms with Crippen LogP contribution in [0, 0.1) is 5.82 Å². The molecule has 0 saturated carbocycles. The van der Waals surface area contributed by atoms with Crippen molar-refractivity contribution in [2.75, 3.05) is 12.8 Å². The number of methoxy groups -OCH3 is 1. The molecule has 0 bridgehead atoms. The molecule has 2 N–H and O–H groups in total. The largest absolute Gasteiger partial charge is 0.492 e. The van der Waals surface area contributed by atoms with Crippen LogP contribution in [0.1, 0.15) is 17.3 Å². The van der Waals surface area contributed by atoms with Crippen molar-refractivity contribution in [3.05, 3.63) is 23.5 Å². The third-order valence-corrected chi connectivity index (χ3v) is 1.73. The van der Waals surface area contributed by atoms with E-state index in [1.54, 1.807) is 0 Å². The van der Waals surface area contributed by atoms with Crippen LogP contribution in [0.25, 0.3) is 0 Å². The van der Waals surface area contributed by atoms with Gasteiger partial charge in [-0.3, -0.25) is 4.79 Å². The normalized spacial score (nSPS) is 9.77. The maximum absolute atomic E-state index is 13.0. The second-order valence-corrected chi connectivity index (χ2v) is 2.60. The van der Waals surface area contributed by atoms with Crippen LogP contribution in [0.4, 0.5) is 10.1 Å². The summed E-state index contributed by atoms with van der Waals surface area (Å²) in [7, 11) is 1.30. The molecule has 0 heterocycles. The lowest BCUT2D eigenvalue weighted by Gasteiger charge is -2.08. The Labute approximate surface area is 75.3 Å². The third-order valence-electron chi connectivity index (χ3n) is 1.73. The number of nitrogen functional groups attached to an aromatic ring is 1. The number of rotatable bonds is 2. The van der Waals surface area contributed by atoms with Crippen LogP contribution >= 0.6 is 0 Å². The summed E-state index contributed by atoms with van der Waals surface area (Å²) < 4.78 is 17.7. The molecule has 0 amide bonds. The monoisotopic (exact) mass is 183 g/mol. The number of carbonyl (C=O) groups is 1. The highest BCUT2D eigenvalue weighted by molar-refractivity contribution is 6.00. The van der Waals surface area contributed by atoms with Gasteiger partial charge >= 0.3 is 0 Å². The van der Waals surface area contributed by atoms with Crippen molar-refractivity contribution in [2.45, 2.75) is 6.92 Å². The van der Waals surface area contributed by atoms with Crippen LogP contribution in [0.3, 0.4) is 0 Å². The first kappa shape index (κ1) is 9.51. The molecular weight excluding hydrogens is 173 g/mol. The van der Waals surface area contributed by atoms with Gasteiger partial charge in [0.25, 0.3) is 0 Å². The van der Waals surface area contributed by atoms with E-state index in [1.165, 1.54) is 20.1 Å². The Morgan fingerprint density at radius 3 is 2.62 bits per heavy atom. The fraction of sp³-hybridized carbons (Fsp3) is 0.222. The predicted octanol–water partition coefficient (Wildman–Crippen LogP) is 1.62. The number of benzene rings is 1. The minimum atomic E-state index is -0.565. The van der Waals surface area contributed by atoms with E-state index in [0.29, 0.717) is 0 Å². The zero-order valence-electron chi connectivity index (χ0n) is 7.43. The molecule has 0 aromatic heterocycles. The van der Waals surface area contributed by atoms with Gasteiger partial charge in [0.05, 0.1) is 12.8 Å². The standard InChI is InChI=1S/C9H10FNO2/c1-5(12)6-3-4-7(10)9(13-2)8(6)11/h3-4H,11H2,1-2H3. The van der Waals surface area contributed by atoms with Gasteiger partial charge in [-0.05, 0) is 19.1 Å². The number of hydrogen-bond donors (Lipinski definition) is 1. The Morgan fingerprint density at radius 2 is 2.15 bits per heavy atom. The fourth-order valence-electron chi connectivity index (χ4n) is 1.09. The number of ether oxygens (including phenoxy) is 1. The maximum atomic E-state index is 13.0. The van der Waals surface area contributed by atoms with Crippen molar-refractivity contribution in [3.8, 4) is 5.75 Å². The molecular formula is C9H10FNO2. The van der Waals surface area contributed by atoms with Crippen molar-refractivity contribution in [1.29, 1.82) is 0 Å². The average molecular weight is 183 g/mol. The Morgan fingerprint density at radius 1 is 1.54 bits per heavy atom. The Bertz CT molecular complexity index is 350. The molecule has 3 nitrogen and oxygen atoms in total. The highest BCUT2D eigenvalue weighted by atomic mass is 19.1. The Balaban J connectivity index is 3.35. The summed E-state index contributed by atoms with van der Waals surface area (Å²) in [5.41, 5.74) is 5.84. The molecule has 0 saturated heterocycles. The summed E-state index contributed by atoms with van der Waals surface area (Å²) in [5, 5.41) is 0. The first-order valence-electron chi connectivity index (χ1n) is 3.70. The molecule has 0 aliphatic carbocycles. The quantitative estimate of drug-likeness (QED) is 0.560. The lowest BCUT2D eigenvalue weighted by atomic mass is 10.1. The molecule has 1 rings (SSSR count). The summed E-state index contributed by atoms with van der Waals surface area (Å²) in [6.45, 7) is 1.36. The topological polar surface area (TPSA) is 52.3 Å². The van der Waals surface area contributed by atoms with E-state index in [9.17, 15) is 9.18 Å². The van der Waals surface area contributed by atoms with E-state index in [2.05, 4.69) is 0 Å². The molecule has 0 fully saturated rings. The van der Waals surface area contributed by atoms with Gasteiger partial charge in [-0.2, -0.15) is 0 Å². The van der Waals surface area contributed by atoms with E-state index in [0.717, 1.165) is 6.07 Å². The van der Waals surface area contributed by atoms with Gasteiger partial charge < -0.3 is 10.5 Å². The Kier molecular flexibility index (Phi) is 2.51. The fourth-order valence-corrected chi connectivity index (χ4v) is 1.09. The van der Waals surface area contributed by atoms with Crippen LogP contribution < -0.4 is 10.5 Å². The molecule has 70 valence electrons. The van der Waals surface area contributed by atoms with Gasteiger partial charge in [0, 0.05) is 5.56 Å². The third kappa shape index (κ3) is 1.61. The first-order valence-corrected chi connectivity index (χ1v) is 3.70. The number of ketones is 1. The van der Waals surface area contributed by atoms with E-state index < -0.39 is 5.82 Å². The molecule has 1 aromatic carbocycles. The van der Waals surface area contributed by atoms with Gasteiger partial charge in [0.1, 0.15) is 0 Å². The molecule has 4 heteroatoms. The number of Topliss-reactive ketones (excluding diaryl/α,β-unsaturated/α-hetero) is 1. The summed E-state index contributed by atoms with van der Waals surface area (Å²) in [6.07, 6.45) is 0. The van der Waals surface area contributed by atoms with Crippen LogP contribution in [-0.2, 0) is 0 Å². The second-order valence-electron chi connectivity index (χ2n) is 2.60. The van der Waals surface area contributed by atoms with Crippen molar-refractivity contribution in [3.63, 3.8) is 0 Å². The minimum absolute atomic E-state index is 0.0509. The van der Waals surface area contributed by atoms with Crippen LogP contribution in [-0.4, -0.2) is 12.9 Å². The first-order chi connectivity index (χ1) is 6.07. The van der Waals surface area contributed by atoms with E-state index >= 15 is 0 Å². The molecule has 0 radical (unpaired) electrons. The zero-order chi connectivity index (χ0) is 10.0. The number of anilines is 1. The van der Waals surface area contributed by atoms with Crippen molar-refractivity contribution in [2.24, 2.45) is 0 Å². The predicted molar refractivity (Wildman–Crippen MR) is 47.4 cm³/mol. The smallest absolute Gasteiger partial charge is 0.178 e. The number of carbonyl (C=O) groups excluding carboxylic acids is 1. The van der Waals surface area contributed by atoms with E-state index in [1.807, 2.05) is 0 Å². The molecule has 0 unspecified atom stereocenters. The van der Waals surface area contributed by atoms with Crippen molar-refractivity contribution in [1.82, 2.24) is 0 Å². The summed E-state index contributed by atoms with van der Waals surface area (Å²) in [5.74, 6) is -0.853. The average Bonchev–Trinajstić information content (AvgIpc) is 2.04. The maximum Gasteiger partial charge on any atom is 0.178 e. The lowest BCUT2D eigenvalue weighted by Crippen LogP contribution is -2.03. The SMILES string of the molecule is COc1c(F)ccc(C(C)=O)c1N. The van der Waals surface area contributed by atoms with Crippen LogP contribution in [0.15, 0.2) is 12.1 Å². The molecule has 0 atom stereocenters. The van der Waals surface area contributed by atoms with E-state index in [4.69, 9.17) is 10.5 Å². The number of halogens is 1. The minimum Gasteiger partial charge on any atom is -0.492 e. The molecule has 0 aliphatic heterocycles. The van der Waals surface area contributed by atoms with Crippen molar-refractivity contribution >= 4 is 11.5 Å². The number of nitrogens with two attached hydrogens (primary N) is 1. The van der Waals surface area contributed by atoms with Gasteiger partial charge in [0.15, 0.2) is 17.3 Å². The zero-order valence-corrected chi connectivity index (χ0v) is 7.43. The summed E-state index contributed by atoms with van der Waals surface area (Å²) in [6, 6.07) is 2.50. The molecule has 0 aliphatic rings. The highest BCUT2D eigenvalue weighted by Gasteiger charge is 2.13. The van der Waals surface area contributed by atoms with Gasteiger partial charge in [0.2, 0.25) is 0 Å². The van der Waals surface area contributed by atoms with Crippen LogP contribution in [0.2, 0.25) is 0 Å². The highest BCUT2D eigenvalue weighted by Crippen LogP contribution is 2.28.